The van der Waals surface area contributed by atoms with Gasteiger partial charge in [-0.3, -0.25) is 9.63 Å². The lowest BCUT2D eigenvalue weighted by Gasteiger charge is -2.41. The van der Waals surface area contributed by atoms with E-state index in [2.05, 4.69) is 18.4 Å². The Morgan fingerprint density at radius 1 is 1.41 bits per heavy atom. The number of hydrogen-bond donors (Lipinski definition) is 2. The van der Waals surface area contributed by atoms with E-state index in [1.165, 1.54) is 10.6 Å². The van der Waals surface area contributed by atoms with Crippen molar-refractivity contribution in [3.8, 4) is 0 Å². The fraction of sp³-hybridized carbons (Fsp3) is 0.700. The van der Waals surface area contributed by atoms with Crippen LogP contribution < -0.4 is 5.43 Å². The summed E-state index contributed by atoms with van der Waals surface area (Å²) in [6, 6.07) is 0. The quantitative estimate of drug-likeness (QED) is 0.722. The van der Waals surface area contributed by atoms with Crippen LogP contribution in [0.25, 0.3) is 0 Å². The molecule has 5 aliphatic rings. The molecule has 3 heterocycles. The third-order valence-corrected chi connectivity index (χ3v) is 6.75. The molecule has 5 atom stereocenters. The van der Waals surface area contributed by atoms with E-state index >= 15 is 0 Å². The van der Waals surface area contributed by atoms with Crippen LogP contribution >= 0.6 is 0 Å². The van der Waals surface area contributed by atoms with Gasteiger partial charge in [0.25, 0.3) is 5.91 Å². The fourth-order valence-electron chi connectivity index (χ4n) is 5.65. The lowest BCUT2D eigenvalue weighted by Crippen LogP contribution is -2.44. The van der Waals surface area contributed by atoms with Crippen LogP contribution in [0, 0.1) is 17.3 Å². The van der Waals surface area contributed by atoms with Crippen LogP contribution in [-0.2, 0) is 19.2 Å². The van der Waals surface area contributed by atoms with E-state index in [0.29, 0.717) is 25.3 Å². The Kier molecular flexibility index (Phi) is 4.47. The Bertz CT molecular complexity index is 782. The number of carbonyl (C=O) groups excluding carboxylic acids is 2. The molecule has 1 saturated carbocycles. The van der Waals surface area contributed by atoms with Crippen molar-refractivity contribution in [3.05, 3.63) is 23.6 Å². The minimum atomic E-state index is -0.787. The number of aliphatic hydroxyl groups is 1. The molecule has 29 heavy (non-hydrogen) atoms. The molecular weight excluding hydrogens is 378 g/mol. The fourth-order valence-corrected chi connectivity index (χ4v) is 5.65. The number of rotatable bonds is 2. The molecule has 0 aromatic carbocycles. The highest BCUT2D eigenvalue weighted by Crippen LogP contribution is 2.59. The maximum atomic E-state index is 12.3. The van der Waals surface area contributed by atoms with Gasteiger partial charge in [-0.2, -0.15) is 0 Å². The molecule has 2 aliphatic carbocycles. The standard InChI is InChI=1S/C20H27N3O6/c1-12-2-3-16-20(10-12)5-6-22(29-19(26)21-23-17(25)4-7-27-23)11-13-8-14(24)9-15(28-16)18(13)20/h5-6,12-14,16,24H,2-4,7-11H2,1H3,(H,21,26)/t12?,13-,14-,16-,20?/m1/s1. The van der Waals surface area contributed by atoms with Crippen LogP contribution in [0.2, 0.25) is 0 Å². The number of nitrogens with one attached hydrogen (secondary N) is 1. The minimum Gasteiger partial charge on any atom is -0.493 e. The highest BCUT2D eigenvalue weighted by molar-refractivity contribution is 5.79. The summed E-state index contributed by atoms with van der Waals surface area (Å²) in [6.07, 6.45) is 7.26. The van der Waals surface area contributed by atoms with Gasteiger partial charge in [0, 0.05) is 18.5 Å². The van der Waals surface area contributed by atoms with Crippen LogP contribution in [0.4, 0.5) is 4.79 Å². The molecule has 0 bridgehead atoms. The topological polar surface area (TPSA) is 101 Å². The van der Waals surface area contributed by atoms with Crippen molar-refractivity contribution < 1.29 is 29.1 Å². The van der Waals surface area contributed by atoms with Crippen LogP contribution in [0.15, 0.2) is 23.6 Å². The normalized spacial score (nSPS) is 38.3. The summed E-state index contributed by atoms with van der Waals surface area (Å²) in [6.45, 7) is 2.94. The van der Waals surface area contributed by atoms with Gasteiger partial charge < -0.3 is 14.7 Å². The molecule has 9 nitrogen and oxygen atoms in total. The smallest absolute Gasteiger partial charge is 0.452 e. The molecule has 2 amide bonds. The van der Waals surface area contributed by atoms with E-state index < -0.39 is 12.2 Å². The van der Waals surface area contributed by atoms with Crippen LogP contribution in [0.5, 0.6) is 0 Å². The van der Waals surface area contributed by atoms with E-state index in [1.807, 2.05) is 0 Å². The first-order valence-electron chi connectivity index (χ1n) is 10.4. The number of nitrogens with zero attached hydrogens (tertiary/aromatic N) is 2. The first kappa shape index (κ1) is 18.7. The maximum absolute atomic E-state index is 12.3. The molecule has 1 spiro atoms. The predicted octanol–water partition coefficient (Wildman–Crippen LogP) is 1.77. The van der Waals surface area contributed by atoms with Crippen molar-refractivity contribution in [2.75, 3.05) is 13.2 Å². The lowest BCUT2D eigenvalue weighted by atomic mass is 9.61. The van der Waals surface area contributed by atoms with Gasteiger partial charge in [0.15, 0.2) is 0 Å². The van der Waals surface area contributed by atoms with Gasteiger partial charge in [-0.25, -0.2) is 15.3 Å². The number of hydrazine groups is 1. The van der Waals surface area contributed by atoms with Crippen molar-refractivity contribution in [2.45, 2.75) is 57.7 Å². The van der Waals surface area contributed by atoms with E-state index in [0.717, 1.165) is 30.2 Å². The Balaban J connectivity index is 1.38. The number of aliphatic hydroxyl groups excluding tert-OH is 1. The van der Waals surface area contributed by atoms with Gasteiger partial charge in [-0.1, -0.05) is 13.0 Å². The zero-order valence-corrected chi connectivity index (χ0v) is 16.5. The monoisotopic (exact) mass is 405 g/mol. The summed E-state index contributed by atoms with van der Waals surface area (Å²) >= 11 is 0. The first-order chi connectivity index (χ1) is 13.9. The van der Waals surface area contributed by atoms with Crippen LogP contribution in [0.3, 0.4) is 0 Å². The molecule has 0 aromatic heterocycles. The molecule has 9 heteroatoms. The number of ether oxygens (including phenoxy) is 1. The molecule has 5 rings (SSSR count). The number of hydrogen-bond acceptors (Lipinski definition) is 7. The molecule has 0 radical (unpaired) electrons. The predicted molar refractivity (Wildman–Crippen MR) is 99.0 cm³/mol. The number of hydroxylamine groups is 3. The minimum absolute atomic E-state index is 0.0384. The van der Waals surface area contributed by atoms with Gasteiger partial charge in [-0.05, 0) is 37.2 Å². The highest BCUT2D eigenvalue weighted by Gasteiger charge is 2.56. The second kappa shape index (κ2) is 6.91. The van der Waals surface area contributed by atoms with Gasteiger partial charge in [-0.15, -0.1) is 5.17 Å². The molecule has 2 N–H and O–H groups in total. The van der Waals surface area contributed by atoms with Crippen LogP contribution in [0.1, 0.15) is 45.4 Å². The lowest BCUT2D eigenvalue weighted by molar-refractivity contribution is -0.180. The van der Waals surface area contributed by atoms with Gasteiger partial charge in [0.05, 0.1) is 36.9 Å². The second-order valence-electron chi connectivity index (χ2n) is 8.84. The third kappa shape index (κ3) is 3.16. The number of amides is 2. The molecule has 158 valence electrons. The molecule has 1 saturated heterocycles. The van der Waals surface area contributed by atoms with Crippen molar-refractivity contribution in [2.24, 2.45) is 17.3 Å². The summed E-state index contributed by atoms with van der Waals surface area (Å²) in [5.74, 6) is 1.23. The van der Waals surface area contributed by atoms with Crippen molar-refractivity contribution in [1.82, 2.24) is 15.7 Å². The summed E-state index contributed by atoms with van der Waals surface area (Å²) < 4.78 is 6.33. The van der Waals surface area contributed by atoms with Gasteiger partial charge in [0.2, 0.25) is 0 Å². The summed E-state index contributed by atoms with van der Waals surface area (Å²) in [5.41, 5.74) is 3.40. The molecular formula is C20H27N3O6. The summed E-state index contributed by atoms with van der Waals surface area (Å²) in [5, 5.41) is 12.7. The second-order valence-corrected chi connectivity index (χ2v) is 8.84. The average molecular weight is 405 g/mol. The van der Waals surface area contributed by atoms with Crippen molar-refractivity contribution in [1.29, 1.82) is 0 Å². The first-order valence-corrected chi connectivity index (χ1v) is 10.4. The maximum Gasteiger partial charge on any atom is 0.452 e. The molecule has 0 aromatic rings. The van der Waals surface area contributed by atoms with Crippen molar-refractivity contribution in [3.63, 3.8) is 0 Å². The molecule has 2 fully saturated rings. The summed E-state index contributed by atoms with van der Waals surface area (Å²) in [7, 11) is 0. The van der Waals surface area contributed by atoms with Crippen LogP contribution in [-0.4, -0.2) is 52.7 Å². The SMILES string of the molecule is CC1CC[C@H]2OC3=C4[C@H](C[C@@H](O)C3)CN(OC(=O)NN3OCCC3=O)C=CC42C1. The Morgan fingerprint density at radius 2 is 2.28 bits per heavy atom. The zero-order chi connectivity index (χ0) is 20.2. The van der Waals surface area contributed by atoms with Gasteiger partial charge in [0.1, 0.15) is 6.10 Å². The van der Waals surface area contributed by atoms with E-state index in [4.69, 9.17) is 14.4 Å². The molecule has 3 aliphatic heterocycles. The number of carbonyl (C=O) groups is 2. The third-order valence-electron chi connectivity index (χ3n) is 6.75. The van der Waals surface area contributed by atoms with E-state index in [9.17, 15) is 14.7 Å². The Hall–Kier alpha value is -2.26. The Labute approximate surface area is 169 Å². The van der Waals surface area contributed by atoms with E-state index in [1.54, 1.807) is 6.20 Å². The van der Waals surface area contributed by atoms with E-state index in [-0.39, 0.29) is 36.4 Å². The highest BCUT2D eigenvalue weighted by atomic mass is 16.8. The average Bonchev–Trinajstić information content (AvgIpc) is 3.15. The Morgan fingerprint density at radius 3 is 3.07 bits per heavy atom. The largest absolute Gasteiger partial charge is 0.493 e. The van der Waals surface area contributed by atoms with Crippen molar-refractivity contribution >= 4 is 12.0 Å². The summed E-state index contributed by atoms with van der Waals surface area (Å²) in [4.78, 5) is 34.4. The van der Waals surface area contributed by atoms with Gasteiger partial charge >= 0.3 is 6.09 Å². The zero-order valence-electron chi connectivity index (χ0n) is 16.5. The molecule has 2 unspecified atom stereocenters.